The zero-order valence-corrected chi connectivity index (χ0v) is 23.0. The number of hydrogen-bond donors (Lipinski definition) is 2. The van der Waals surface area contributed by atoms with Gasteiger partial charge in [0, 0.05) is 25.3 Å². The fourth-order valence-corrected chi connectivity index (χ4v) is 6.79. The van der Waals surface area contributed by atoms with E-state index in [0.717, 1.165) is 30.5 Å². The van der Waals surface area contributed by atoms with Gasteiger partial charge in [0.1, 0.15) is 11.6 Å². The molecule has 0 aliphatic carbocycles. The predicted octanol–water partition coefficient (Wildman–Crippen LogP) is 3.46. The molecule has 0 saturated carbocycles. The lowest BCUT2D eigenvalue weighted by Gasteiger charge is -2.15. The predicted molar refractivity (Wildman–Crippen MR) is 145 cm³/mol. The molecule has 4 rings (SSSR count). The molecule has 0 aromatic heterocycles. The van der Waals surface area contributed by atoms with Gasteiger partial charge in [-0.1, -0.05) is 12.1 Å². The second-order valence-electron chi connectivity index (χ2n) is 9.18. The molecule has 1 aliphatic rings. The number of carbonyl (C=O) groups is 1. The lowest BCUT2D eigenvalue weighted by Crippen LogP contribution is -2.30. The Labute approximate surface area is 228 Å². The summed E-state index contributed by atoms with van der Waals surface area (Å²) in [6.45, 7) is 2.85. The maximum Gasteiger partial charge on any atom is 0.261 e. The molecule has 208 valence electrons. The van der Waals surface area contributed by atoms with E-state index in [4.69, 9.17) is 4.74 Å². The zero-order valence-electron chi connectivity index (χ0n) is 21.4. The Morgan fingerprint density at radius 2 is 1.56 bits per heavy atom. The van der Waals surface area contributed by atoms with Crippen LogP contribution in [0.25, 0.3) is 0 Å². The fourth-order valence-electron chi connectivity index (χ4n) is 4.13. The van der Waals surface area contributed by atoms with Crippen LogP contribution >= 0.6 is 0 Å². The third-order valence-corrected chi connectivity index (χ3v) is 9.57. The first-order valence-electron chi connectivity index (χ1n) is 12.4. The molecular formula is C27H30FN3O6S2. The summed E-state index contributed by atoms with van der Waals surface area (Å²) in [7, 11) is -7.35. The summed E-state index contributed by atoms with van der Waals surface area (Å²) in [5.41, 5.74) is 1.64. The average Bonchev–Trinajstić information content (AvgIpc) is 3.46. The lowest BCUT2D eigenvalue weighted by atomic mass is 10.1. The van der Waals surface area contributed by atoms with Crippen LogP contribution in [-0.2, 0) is 31.3 Å². The Hall–Kier alpha value is -3.48. The van der Waals surface area contributed by atoms with Gasteiger partial charge < -0.3 is 10.1 Å². The molecular weight excluding hydrogens is 545 g/mol. The number of rotatable bonds is 11. The first-order chi connectivity index (χ1) is 18.5. The highest BCUT2D eigenvalue weighted by molar-refractivity contribution is 7.92. The summed E-state index contributed by atoms with van der Waals surface area (Å²) in [4.78, 5) is 12.5. The van der Waals surface area contributed by atoms with Crippen molar-refractivity contribution in [3.63, 3.8) is 0 Å². The van der Waals surface area contributed by atoms with Crippen LogP contribution in [0.1, 0.15) is 24.0 Å². The Morgan fingerprint density at radius 3 is 2.21 bits per heavy atom. The highest BCUT2D eigenvalue weighted by Crippen LogP contribution is 2.24. The van der Waals surface area contributed by atoms with Crippen LogP contribution in [0.3, 0.4) is 0 Å². The number of amides is 1. The van der Waals surface area contributed by atoms with E-state index in [9.17, 15) is 26.0 Å². The third kappa shape index (κ3) is 7.34. The third-order valence-electron chi connectivity index (χ3n) is 6.27. The molecule has 2 N–H and O–H groups in total. The normalized spacial score (nSPS) is 14.2. The molecule has 1 amide bonds. The molecule has 0 bridgehead atoms. The summed E-state index contributed by atoms with van der Waals surface area (Å²) in [5, 5.41) is 2.75. The van der Waals surface area contributed by atoms with Crippen LogP contribution in [-0.4, -0.2) is 53.3 Å². The quantitative estimate of drug-likeness (QED) is 0.361. The van der Waals surface area contributed by atoms with Crippen molar-refractivity contribution < 1.29 is 30.8 Å². The summed E-state index contributed by atoms with van der Waals surface area (Å²) < 4.78 is 73.0. The Balaban J connectivity index is 1.24. The molecule has 39 heavy (non-hydrogen) atoms. The number of nitrogens with one attached hydrogen (secondary N) is 2. The van der Waals surface area contributed by atoms with Gasteiger partial charge in [-0.25, -0.2) is 21.2 Å². The Bertz CT molecular complexity index is 1520. The number of anilines is 1. The monoisotopic (exact) mass is 575 g/mol. The number of benzene rings is 3. The average molecular weight is 576 g/mol. The number of nitrogens with zero attached hydrogens (tertiary/aromatic N) is 1. The molecule has 0 unspecified atom stereocenters. The van der Waals surface area contributed by atoms with Gasteiger partial charge in [-0.05, 0) is 91.9 Å². The summed E-state index contributed by atoms with van der Waals surface area (Å²) >= 11 is 0. The molecule has 3 aromatic rings. The molecule has 1 saturated heterocycles. The van der Waals surface area contributed by atoms with Crippen molar-refractivity contribution in [1.82, 2.24) is 9.62 Å². The molecule has 9 nitrogen and oxygen atoms in total. The minimum absolute atomic E-state index is 0.000347. The molecule has 0 radical (unpaired) electrons. The van der Waals surface area contributed by atoms with Crippen molar-refractivity contribution in [3.05, 3.63) is 83.7 Å². The van der Waals surface area contributed by atoms with Crippen molar-refractivity contribution in [3.8, 4) is 5.75 Å². The fraction of sp³-hybridized carbons (Fsp3) is 0.296. The standard InChI is InChI=1S/C27H30FN3O6S2/c1-20-18-25(38(33,34)30-23-8-6-22(28)7-9-23)12-13-26(20)37-19-27(32)29-15-14-21-4-10-24(11-5-21)39(35,36)31-16-2-3-17-31/h4-13,18,30H,2-3,14-17,19H2,1H3,(H,29,32). The van der Waals surface area contributed by atoms with E-state index in [-0.39, 0.29) is 28.0 Å². The number of aryl methyl sites for hydroxylation is 1. The SMILES string of the molecule is Cc1cc(S(=O)(=O)Nc2ccc(F)cc2)ccc1OCC(=O)NCCc1ccc(S(=O)(=O)N2CCCC2)cc1. The van der Waals surface area contributed by atoms with Gasteiger partial charge in [0.15, 0.2) is 6.61 Å². The van der Waals surface area contributed by atoms with Crippen LogP contribution in [0.15, 0.2) is 76.5 Å². The van der Waals surface area contributed by atoms with Gasteiger partial charge in [0.05, 0.1) is 9.79 Å². The summed E-state index contributed by atoms with van der Waals surface area (Å²) in [6.07, 6.45) is 2.27. The van der Waals surface area contributed by atoms with E-state index < -0.39 is 25.9 Å². The van der Waals surface area contributed by atoms with Gasteiger partial charge in [-0.3, -0.25) is 9.52 Å². The zero-order chi connectivity index (χ0) is 28.0. The minimum atomic E-state index is -3.89. The van der Waals surface area contributed by atoms with Crippen LogP contribution in [0.2, 0.25) is 0 Å². The first kappa shape index (κ1) is 28.5. The van der Waals surface area contributed by atoms with Crippen LogP contribution in [0.4, 0.5) is 10.1 Å². The smallest absolute Gasteiger partial charge is 0.261 e. The number of carbonyl (C=O) groups excluding carboxylic acids is 1. The van der Waals surface area contributed by atoms with Gasteiger partial charge in [0.2, 0.25) is 10.0 Å². The Morgan fingerprint density at radius 1 is 0.923 bits per heavy atom. The van der Waals surface area contributed by atoms with Crippen molar-refractivity contribution in [2.24, 2.45) is 0 Å². The molecule has 0 atom stereocenters. The van der Waals surface area contributed by atoms with Gasteiger partial charge in [-0.15, -0.1) is 0 Å². The van der Waals surface area contributed by atoms with E-state index in [1.54, 1.807) is 31.2 Å². The van der Waals surface area contributed by atoms with Gasteiger partial charge >= 0.3 is 0 Å². The Kier molecular flexibility index (Phi) is 8.88. The molecule has 1 heterocycles. The van der Waals surface area contributed by atoms with Gasteiger partial charge in [0.25, 0.3) is 15.9 Å². The van der Waals surface area contributed by atoms with Crippen molar-refractivity contribution in [1.29, 1.82) is 0 Å². The van der Waals surface area contributed by atoms with Crippen molar-refractivity contribution in [2.75, 3.05) is 31.0 Å². The first-order valence-corrected chi connectivity index (χ1v) is 15.3. The van der Waals surface area contributed by atoms with Crippen LogP contribution < -0.4 is 14.8 Å². The number of sulfonamides is 2. The van der Waals surface area contributed by atoms with Gasteiger partial charge in [-0.2, -0.15) is 4.31 Å². The summed E-state index contributed by atoms with van der Waals surface area (Å²) in [5.74, 6) is -0.461. The molecule has 1 fully saturated rings. The van der Waals surface area contributed by atoms with E-state index in [0.29, 0.717) is 37.4 Å². The van der Waals surface area contributed by atoms with E-state index >= 15 is 0 Å². The topological polar surface area (TPSA) is 122 Å². The number of ether oxygens (including phenoxy) is 1. The second-order valence-corrected chi connectivity index (χ2v) is 12.8. The maximum atomic E-state index is 13.1. The molecule has 1 aliphatic heterocycles. The maximum absolute atomic E-state index is 13.1. The molecule has 0 spiro atoms. The van der Waals surface area contributed by atoms with Crippen LogP contribution in [0, 0.1) is 12.7 Å². The van der Waals surface area contributed by atoms with Crippen molar-refractivity contribution >= 4 is 31.6 Å². The minimum Gasteiger partial charge on any atom is -0.484 e. The van der Waals surface area contributed by atoms with Crippen LogP contribution in [0.5, 0.6) is 5.75 Å². The lowest BCUT2D eigenvalue weighted by molar-refractivity contribution is -0.123. The van der Waals surface area contributed by atoms with E-state index in [2.05, 4.69) is 10.0 Å². The summed E-state index contributed by atoms with van der Waals surface area (Å²) in [6, 6.07) is 15.9. The molecule has 12 heteroatoms. The number of hydrogen-bond acceptors (Lipinski definition) is 6. The second kappa shape index (κ2) is 12.1. The van der Waals surface area contributed by atoms with Crippen molar-refractivity contribution in [2.45, 2.75) is 36.0 Å². The molecule has 3 aromatic carbocycles. The number of halogens is 1. The highest BCUT2D eigenvalue weighted by Gasteiger charge is 2.26. The largest absolute Gasteiger partial charge is 0.484 e. The van der Waals surface area contributed by atoms with E-state index in [1.807, 2.05) is 0 Å². The highest BCUT2D eigenvalue weighted by atomic mass is 32.2. The van der Waals surface area contributed by atoms with E-state index in [1.165, 1.54) is 34.6 Å².